The molecular weight excluding hydrogens is 290 g/mol. The molecule has 3 aliphatic carbocycles. The number of Topliss-reactive ketones (excluding diaryl/α,β-unsaturated/α-hetero) is 1. The average Bonchev–Trinajstić information content (AvgIpc) is 2.81. The highest BCUT2D eigenvalue weighted by Crippen LogP contribution is 2.55. The van der Waals surface area contributed by atoms with Crippen LogP contribution < -0.4 is 11.5 Å². The number of carbonyl (C=O) groups is 1. The van der Waals surface area contributed by atoms with Gasteiger partial charge in [-0.25, -0.2) is 0 Å². The highest BCUT2D eigenvalue weighted by Gasteiger charge is 2.62. The molecule has 2 fully saturated rings. The molecule has 2 saturated carbocycles. The SMILES string of the molecule is C#[N+][C@@H]1Cc2cc(O)ccc2C2C1C1CCC(=O)[C@@]1(N)C[C@@H]2N. The molecule has 0 heterocycles. The van der Waals surface area contributed by atoms with Crippen molar-refractivity contribution in [2.24, 2.45) is 23.3 Å². The Kier molecular flexibility index (Phi) is 3.06. The smallest absolute Gasteiger partial charge is 0.279 e. The lowest BCUT2D eigenvalue weighted by Gasteiger charge is -2.49. The van der Waals surface area contributed by atoms with E-state index in [0.717, 1.165) is 17.5 Å². The van der Waals surface area contributed by atoms with Gasteiger partial charge in [0.2, 0.25) is 0 Å². The van der Waals surface area contributed by atoms with Gasteiger partial charge in [0, 0.05) is 18.4 Å². The number of fused-ring (bicyclic) bond motifs is 5. The summed E-state index contributed by atoms with van der Waals surface area (Å²) in [5.41, 5.74) is 14.4. The molecule has 1 aromatic rings. The zero-order valence-corrected chi connectivity index (χ0v) is 13.0. The summed E-state index contributed by atoms with van der Waals surface area (Å²) in [5, 5.41) is 9.78. The van der Waals surface area contributed by atoms with Crippen LogP contribution in [0.2, 0.25) is 0 Å². The molecule has 0 aromatic heterocycles. The monoisotopic (exact) mass is 312 g/mol. The maximum Gasteiger partial charge on any atom is 0.279 e. The highest BCUT2D eigenvalue weighted by molar-refractivity contribution is 5.91. The summed E-state index contributed by atoms with van der Waals surface area (Å²) < 4.78 is 0. The van der Waals surface area contributed by atoms with Crippen LogP contribution in [0.15, 0.2) is 18.2 Å². The molecule has 6 atom stereocenters. The number of hydrogen-bond acceptors (Lipinski definition) is 4. The van der Waals surface area contributed by atoms with Crippen molar-refractivity contribution in [3.8, 4) is 12.3 Å². The minimum Gasteiger partial charge on any atom is -0.508 e. The molecule has 0 amide bonds. The van der Waals surface area contributed by atoms with Gasteiger partial charge in [0.25, 0.3) is 12.6 Å². The first-order valence-corrected chi connectivity index (χ1v) is 8.25. The maximum absolute atomic E-state index is 12.4. The first-order valence-electron chi connectivity index (χ1n) is 8.25. The van der Waals surface area contributed by atoms with Crippen molar-refractivity contribution in [2.75, 3.05) is 0 Å². The minimum absolute atomic E-state index is 0.0825. The van der Waals surface area contributed by atoms with Crippen LogP contribution in [0.25, 0.3) is 4.85 Å². The van der Waals surface area contributed by atoms with Crippen LogP contribution in [0.4, 0.5) is 0 Å². The fourth-order valence-electron chi connectivity index (χ4n) is 5.39. The van der Waals surface area contributed by atoms with Gasteiger partial charge in [-0.2, -0.15) is 0 Å². The van der Waals surface area contributed by atoms with E-state index in [1.54, 1.807) is 12.1 Å². The van der Waals surface area contributed by atoms with Crippen molar-refractivity contribution < 1.29 is 9.90 Å². The van der Waals surface area contributed by atoms with Gasteiger partial charge >= 0.3 is 0 Å². The normalized spacial score (nSPS) is 41.6. The molecule has 5 nitrogen and oxygen atoms in total. The van der Waals surface area contributed by atoms with Gasteiger partial charge in [-0.15, -0.1) is 0 Å². The molecule has 0 spiro atoms. The lowest BCUT2D eigenvalue weighted by atomic mass is 9.55. The summed E-state index contributed by atoms with van der Waals surface area (Å²) in [6.45, 7) is 5.71. The van der Waals surface area contributed by atoms with Gasteiger partial charge in [-0.3, -0.25) is 4.79 Å². The second-order valence-electron chi connectivity index (χ2n) is 7.38. The standard InChI is InChI=1S/C18H21N3O2/c1-21-14-7-9-6-10(22)2-3-11(9)16-13(19)8-18(20)12(17(14)16)4-5-15(18)23/h1-3,6,12-14,16-17H,4-5,7-8,19-20H2/p+1/t12?,13-,14+,16?,17?,18+/m0/s1. The molecule has 0 radical (unpaired) electrons. The van der Waals surface area contributed by atoms with E-state index in [1.807, 2.05) is 6.07 Å². The Hall–Kier alpha value is -1.90. The van der Waals surface area contributed by atoms with Crippen LogP contribution in [0.3, 0.4) is 0 Å². The van der Waals surface area contributed by atoms with E-state index in [-0.39, 0.29) is 41.4 Å². The Morgan fingerprint density at radius 2 is 2.17 bits per heavy atom. The molecule has 120 valence electrons. The van der Waals surface area contributed by atoms with E-state index in [0.29, 0.717) is 19.3 Å². The Morgan fingerprint density at radius 1 is 1.39 bits per heavy atom. The first kappa shape index (κ1) is 14.7. The van der Waals surface area contributed by atoms with E-state index in [9.17, 15) is 9.90 Å². The maximum atomic E-state index is 12.4. The third-order valence-corrected chi connectivity index (χ3v) is 6.33. The largest absolute Gasteiger partial charge is 0.508 e. The molecule has 5 heteroatoms. The number of rotatable bonds is 0. The number of phenols is 1. The van der Waals surface area contributed by atoms with Crippen molar-refractivity contribution in [2.45, 2.75) is 49.2 Å². The average molecular weight is 312 g/mol. The Bertz CT molecular complexity index is 725. The zero-order valence-electron chi connectivity index (χ0n) is 13.0. The van der Waals surface area contributed by atoms with Crippen molar-refractivity contribution in [3.63, 3.8) is 0 Å². The molecule has 23 heavy (non-hydrogen) atoms. The van der Waals surface area contributed by atoms with Crippen molar-refractivity contribution in [1.82, 2.24) is 0 Å². The van der Waals surface area contributed by atoms with E-state index >= 15 is 0 Å². The van der Waals surface area contributed by atoms with Crippen LogP contribution in [-0.2, 0) is 11.2 Å². The molecule has 3 aliphatic rings. The van der Waals surface area contributed by atoms with Gasteiger partial charge in [-0.05, 0) is 42.0 Å². The van der Waals surface area contributed by atoms with Crippen molar-refractivity contribution in [3.05, 3.63) is 34.2 Å². The number of aromatic hydroxyl groups is 1. The molecule has 5 N–H and O–H groups in total. The summed E-state index contributed by atoms with van der Waals surface area (Å²) in [6, 6.07) is 5.12. The summed E-state index contributed by atoms with van der Waals surface area (Å²) in [6.07, 6.45) is 2.49. The summed E-state index contributed by atoms with van der Waals surface area (Å²) in [7, 11) is 0. The number of ketones is 1. The lowest BCUT2D eigenvalue weighted by Crippen LogP contribution is -2.63. The molecule has 0 saturated heterocycles. The van der Waals surface area contributed by atoms with Crippen molar-refractivity contribution >= 4 is 5.78 Å². The third kappa shape index (κ3) is 1.89. The van der Waals surface area contributed by atoms with Gasteiger partial charge in [0.05, 0.1) is 17.9 Å². The number of nitrogens with two attached hydrogens (primary N) is 2. The number of benzene rings is 1. The third-order valence-electron chi connectivity index (χ3n) is 6.33. The predicted octanol–water partition coefficient (Wildman–Crippen LogP) is 1.39. The van der Waals surface area contributed by atoms with E-state index in [1.165, 1.54) is 0 Å². The molecule has 1 aromatic carbocycles. The second-order valence-corrected chi connectivity index (χ2v) is 7.38. The molecule has 0 aliphatic heterocycles. The molecule has 3 unspecified atom stereocenters. The highest BCUT2D eigenvalue weighted by atomic mass is 16.3. The number of carbonyl (C=O) groups excluding carboxylic acids is 1. The van der Waals surface area contributed by atoms with Crippen LogP contribution in [0, 0.1) is 18.4 Å². The van der Waals surface area contributed by atoms with Crippen LogP contribution in [0.5, 0.6) is 5.75 Å². The minimum atomic E-state index is -0.821. The van der Waals surface area contributed by atoms with Gasteiger partial charge in [0.1, 0.15) is 5.75 Å². The second kappa shape index (κ2) is 4.80. The van der Waals surface area contributed by atoms with Crippen molar-refractivity contribution in [1.29, 1.82) is 0 Å². The van der Waals surface area contributed by atoms with Gasteiger partial charge in [-0.1, -0.05) is 10.9 Å². The van der Waals surface area contributed by atoms with E-state index < -0.39 is 5.54 Å². The summed E-state index contributed by atoms with van der Waals surface area (Å²) >= 11 is 0. The fourth-order valence-corrected chi connectivity index (χ4v) is 5.39. The summed E-state index contributed by atoms with van der Waals surface area (Å²) in [4.78, 5) is 16.5. The Morgan fingerprint density at radius 3 is 2.91 bits per heavy atom. The van der Waals surface area contributed by atoms with Crippen LogP contribution in [0.1, 0.15) is 36.3 Å². The lowest BCUT2D eigenvalue weighted by molar-refractivity contribution is -0.124. The quantitative estimate of drug-likeness (QED) is 0.675. The number of hydrogen-bond donors (Lipinski definition) is 3. The fraction of sp³-hybridized carbons (Fsp3) is 0.556. The van der Waals surface area contributed by atoms with Gasteiger partial charge < -0.3 is 16.6 Å². The number of nitrogens with zero attached hydrogens (tertiary/aromatic N) is 1. The van der Waals surface area contributed by atoms with E-state index in [4.69, 9.17) is 18.0 Å². The Labute approximate surface area is 135 Å². The van der Waals surface area contributed by atoms with Crippen LogP contribution in [-0.4, -0.2) is 28.5 Å². The van der Waals surface area contributed by atoms with E-state index in [2.05, 4.69) is 4.85 Å². The molecular formula is C18H22N3O2+. The first-order chi connectivity index (χ1) is 11.0. The molecule has 0 bridgehead atoms. The Balaban J connectivity index is 1.86. The number of phenolic OH excluding ortho intramolecular Hbond substituents is 1. The van der Waals surface area contributed by atoms with Crippen LogP contribution >= 0.6 is 0 Å². The topological polar surface area (TPSA) is 93.7 Å². The predicted molar refractivity (Wildman–Crippen MR) is 87.4 cm³/mol. The summed E-state index contributed by atoms with van der Waals surface area (Å²) in [5.74, 6) is 0.635. The molecule has 4 rings (SSSR count). The van der Waals surface area contributed by atoms with Gasteiger partial charge in [0.15, 0.2) is 5.78 Å². The zero-order chi connectivity index (χ0) is 16.4.